The van der Waals surface area contributed by atoms with Gasteiger partial charge in [-0.1, -0.05) is 36.4 Å². The molecule has 2 rings (SSSR count). The van der Waals surface area contributed by atoms with Crippen molar-refractivity contribution in [2.45, 2.75) is 25.3 Å². The molecule has 0 saturated carbocycles. The van der Waals surface area contributed by atoms with Gasteiger partial charge < -0.3 is 15.7 Å². The lowest BCUT2D eigenvalue weighted by Gasteiger charge is -2.26. The summed E-state index contributed by atoms with van der Waals surface area (Å²) < 4.78 is 0. The minimum atomic E-state index is -0.225. The molecule has 1 saturated heterocycles. The molecule has 1 atom stereocenters. The van der Waals surface area contributed by atoms with Crippen LogP contribution in [-0.4, -0.2) is 29.0 Å². The normalized spacial score (nSPS) is 17.3. The average Bonchev–Trinajstić information content (AvgIpc) is 2.61. The van der Waals surface area contributed by atoms with Crippen molar-refractivity contribution in [3.05, 3.63) is 72.0 Å². The number of carbonyl (C=O) groups is 1. The van der Waals surface area contributed by atoms with Gasteiger partial charge in [-0.05, 0) is 43.0 Å². The molecule has 122 valence electrons. The Morgan fingerprint density at radius 2 is 1.70 bits per heavy atom. The first-order valence-electron chi connectivity index (χ1n) is 8.01. The molecule has 0 aliphatic carbocycles. The van der Waals surface area contributed by atoms with Crippen LogP contribution in [0.3, 0.4) is 0 Å². The summed E-state index contributed by atoms with van der Waals surface area (Å²) in [6, 6.07) is 7.29. The van der Waals surface area contributed by atoms with E-state index in [0.29, 0.717) is 0 Å². The summed E-state index contributed by atoms with van der Waals surface area (Å²) in [7, 11) is 0. The van der Waals surface area contributed by atoms with Crippen molar-refractivity contribution in [3.8, 4) is 0 Å². The molecule has 1 aliphatic heterocycles. The van der Waals surface area contributed by atoms with Gasteiger partial charge in [0, 0.05) is 24.7 Å². The molecule has 1 fully saturated rings. The predicted octanol–water partition coefficient (Wildman–Crippen LogP) is 3.50. The maximum atomic E-state index is 12.4. The lowest BCUT2D eigenvalue weighted by atomic mass is 10.0. The van der Waals surface area contributed by atoms with Gasteiger partial charge in [0.05, 0.1) is 6.26 Å². The third-order valence-electron chi connectivity index (χ3n) is 3.92. The fraction of sp³-hybridized carbons (Fsp3) is 0.316. The van der Waals surface area contributed by atoms with Gasteiger partial charge in [-0.15, -0.1) is 0 Å². The molecule has 0 bridgehead atoms. The number of rotatable bonds is 5. The summed E-state index contributed by atoms with van der Waals surface area (Å²) in [5.74, 6) is 0.110. The van der Waals surface area contributed by atoms with E-state index in [4.69, 9.17) is 10.8 Å². The van der Waals surface area contributed by atoms with Gasteiger partial charge in [0.1, 0.15) is 0 Å². The van der Waals surface area contributed by atoms with Gasteiger partial charge in [-0.25, -0.2) is 0 Å². The minimum Gasteiger partial charge on any atom is -0.516 e. The van der Waals surface area contributed by atoms with Crippen LogP contribution in [0.15, 0.2) is 60.9 Å². The molecular weight excluding hydrogens is 288 g/mol. The Balaban J connectivity index is 1.96. The Bertz CT molecular complexity index is 582. The molecule has 1 unspecified atom stereocenters. The van der Waals surface area contributed by atoms with Gasteiger partial charge in [0.25, 0.3) is 5.91 Å². The predicted molar refractivity (Wildman–Crippen MR) is 93.2 cm³/mol. The van der Waals surface area contributed by atoms with Gasteiger partial charge >= 0.3 is 0 Å². The van der Waals surface area contributed by atoms with Crippen LogP contribution in [0.25, 0.3) is 0 Å². The lowest BCUT2D eigenvalue weighted by molar-refractivity contribution is 0.0724. The molecule has 0 radical (unpaired) electrons. The Morgan fingerprint density at radius 1 is 1.04 bits per heavy atom. The van der Waals surface area contributed by atoms with Crippen LogP contribution in [0.2, 0.25) is 0 Å². The zero-order chi connectivity index (χ0) is 16.5. The van der Waals surface area contributed by atoms with E-state index in [1.54, 1.807) is 12.2 Å². The second-order valence-electron chi connectivity index (χ2n) is 5.61. The highest BCUT2D eigenvalue weighted by molar-refractivity contribution is 5.94. The third-order valence-corrected chi connectivity index (χ3v) is 3.92. The van der Waals surface area contributed by atoms with Crippen LogP contribution in [0.5, 0.6) is 0 Å². The second kappa shape index (κ2) is 8.96. The Morgan fingerprint density at radius 3 is 2.35 bits per heavy atom. The third kappa shape index (κ3) is 5.11. The molecule has 23 heavy (non-hydrogen) atoms. The van der Waals surface area contributed by atoms with Crippen LogP contribution < -0.4 is 5.73 Å². The highest BCUT2D eigenvalue weighted by Crippen LogP contribution is 2.16. The Kier molecular flexibility index (Phi) is 6.63. The number of hydrogen-bond donors (Lipinski definition) is 2. The molecule has 1 aliphatic rings. The largest absolute Gasteiger partial charge is 0.516 e. The first kappa shape index (κ1) is 17.0. The van der Waals surface area contributed by atoms with E-state index < -0.39 is 0 Å². The number of amides is 1. The summed E-state index contributed by atoms with van der Waals surface area (Å²) >= 11 is 0. The van der Waals surface area contributed by atoms with Crippen molar-refractivity contribution in [2.75, 3.05) is 13.1 Å². The number of likely N-dealkylation sites (tertiary alicyclic amines) is 1. The van der Waals surface area contributed by atoms with Crippen molar-refractivity contribution in [1.29, 1.82) is 0 Å². The average molecular weight is 312 g/mol. The van der Waals surface area contributed by atoms with Gasteiger partial charge in [-0.2, -0.15) is 0 Å². The van der Waals surface area contributed by atoms with Crippen molar-refractivity contribution in [3.63, 3.8) is 0 Å². The van der Waals surface area contributed by atoms with Gasteiger partial charge in [-0.3, -0.25) is 4.79 Å². The smallest absolute Gasteiger partial charge is 0.253 e. The van der Waals surface area contributed by atoms with E-state index in [1.165, 1.54) is 12.5 Å². The molecule has 1 aromatic rings. The molecule has 1 heterocycles. The minimum absolute atomic E-state index is 0.110. The maximum Gasteiger partial charge on any atom is 0.253 e. The summed E-state index contributed by atoms with van der Waals surface area (Å²) in [5.41, 5.74) is 7.78. The number of allylic oxidation sites excluding steroid dienone is 4. The van der Waals surface area contributed by atoms with E-state index in [9.17, 15) is 4.79 Å². The number of aliphatic hydroxyl groups is 1. The van der Waals surface area contributed by atoms with Gasteiger partial charge in [0.2, 0.25) is 0 Å². The number of nitrogens with zero attached hydrogens (tertiary/aromatic N) is 1. The highest BCUT2D eigenvalue weighted by Gasteiger charge is 2.18. The zero-order valence-corrected chi connectivity index (χ0v) is 13.3. The Hall–Kier alpha value is -2.33. The number of hydrogen-bond acceptors (Lipinski definition) is 3. The van der Waals surface area contributed by atoms with Crippen LogP contribution >= 0.6 is 0 Å². The van der Waals surface area contributed by atoms with Crippen molar-refractivity contribution >= 4 is 5.91 Å². The summed E-state index contributed by atoms with van der Waals surface area (Å²) in [4.78, 5) is 14.3. The topological polar surface area (TPSA) is 66.6 Å². The first-order valence-corrected chi connectivity index (χ1v) is 8.01. The van der Waals surface area contributed by atoms with E-state index in [-0.39, 0.29) is 11.9 Å². The van der Waals surface area contributed by atoms with Crippen LogP contribution in [0.1, 0.15) is 41.2 Å². The number of benzene rings is 1. The number of nitrogens with two attached hydrogens (primary N) is 1. The molecular formula is C19H24N2O2. The molecule has 3 N–H and O–H groups in total. The Labute approximate surface area is 137 Å². The van der Waals surface area contributed by atoms with E-state index in [1.807, 2.05) is 41.3 Å². The molecule has 1 aromatic carbocycles. The zero-order valence-electron chi connectivity index (χ0n) is 13.3. The molecule has 4 nitrogen and oxygen atoms in total. The van der Waals surface area contributed by atoms with Crippen molar-refractivity contribution in [2.24, 2.45) is 5.73 Å². The fourth-order valence-corrected chi connectivity index (χ4v) is 2.60. The standard InChI is InChI=1S/C19H24N2O2/c20-18(8-4-1-2-7-15-22)16-9-11-17(12-10-16)19(23)21-13-5-3-6-14-21/h1-2,4,7-12,15,18,22H,3,5-6,13-14,20H2/b2-1-,8-4+,15-7+. The van der Waals surface area contributed by atoms with Crippen molar-refractivity contribution in [1.82, 2.24) is 4.90 Å². The number of aliphatic hydroxyl groups excluding tert-OH is 1. The van der Waals surface area contributed by atoms with Crippen LogP contribution in [0, 0.1) is 0 Å². The van der Waals surface area contributed by atoms with Gasteiger partial charge in [0.15, 0.2) is 0 Å². The van der Waals surface area contributed by atoms with Crippen molar-refractivity contribution < 1.29 is 9.90 Å². The maximum absolute atomic E-state index is 12.4. The summed E-state index contributed by atoms with van der Waals surface area (Å²) in [6.45, 7) is 1.72. The molecule has 0 aromatic heterocycles. The molecule has 1 amide bonds. The fourth-order valence-electron chi connectivity index (χ4n) is 2.60. The van der Waals surface area contributed by atoms with E-state index >= 15 is 0 Å². The molecule has 4 heteroatoms. The number of carbonyl (C=O) groups excluding carboxylic acids is 1. The van der Waals surface area contributed by atoms with Crippen LogP contribution in [0.4, 0.5) is 0 Å². The number of piperidine rings is 1. The highest BCUT2D eigenvalue weighted by atomic mass is 16.2. The van der Waals surface area contributed by atoms with E-state index in [2.05, 4.69) is 0 Å². The van der Waals surface area contributed by atoms with Crippen LogP contribution in [-0.2, 0) is 0 Å². The summed E-state index contributed by atoms with van der Waals surface area (Å²) in [6.07, 6.45) is 13.1. The molecule has 0 spiro atoms. The lowest BCUT2D eigenvalue weighted by Crippen LogP contribution is -2.35. The second-order valence-corrected chi connectivity index (χ2v) is 5.61. The van der Waals surface area contributed by atoms with E-state index in [0.717, 1.165) is 43.3 Å². The monoisotopic (exact) mass is 312 g/mol. The SMILES string of the molecule is NC(/C=C/C=C\C=C\O)c1ccc(C(=O)N2CCCCC2)cc1. The summed E-state index contributed by atoms with van der Waals surface area (Å²) in [5, 5.41) is 8.51. The quantitative estimate of drug-likeness (QED) is 0.646. The first-order chi connectivity index (χ1) is 11.2.